The first-order chi connectivity index (χ1) is 9.65. The van der Waals surface area contributed by atoms with Crippen LogP contribution in [0.4, 0.5) is 10.7 Å². The predicted octanol–water partition coefficient (Wildman–Crippen LogP) is 0.964. The first-order valence-corrected chi connectivity index (χ1v) is 6.65. The van der Waals surface area contributed by atoms with Crippen molar-refractivity contribution in [2.24, 2.45) is 5.92 Å². The summed E-state index contributed by atoms with van der Waals surface area (Å²) >= 11 is 0. The average Bonchev–Trinajstić information content (AvgIpc) is 3.22. The molecule has 0 aromatic carbocycles. The maximum Gasteiger partial charge on any atom is 0.324 e. The molecular weight excluding hydrogens is 258 g/mol. The molecule has 1 atom stereocenters. The van der Waals surface area contributed by atoms with Crippen LogP contribution in [0, 0.1) is 5.92 Å². The fourth-order valence-electron chi connectivity index (χ4n) is 2.11. The largest absolute Gasteiger partial charge is 0.391 e. The molecule has 2 aromatic rings. The molecule has 3 rings (SSSR count). The third-order valence-electron chi connectivity index (χ3n) is 3.51. The van der Waals surface area contributed by atoms with Crippen LogP contribution < -0.4 is 5.32 Å². The highest BCUT2D eigenvalue weighted by atomic mass is 16.3. The number of hydrogen-bond acceptors (Lipinski definition) is 4. The van der Waals surface area contributed by atoms with Crippen molar-refractivity contribution < 1.29 is 9.90 Å². The van der Waals surface area contributed by atoms with Crippen molar-refractivity contribution in [2.45, 2.75) is 18.9 Å². The SMILES string of the molecule is CN(CC(O)C1CC1)C(=O)Nc1nnc2ccccn12. The summed E-state index contributed by atoms with van der Waals surface area (Å²) < 4.78 is 1.70. The molecule has 0 saturated heterocycles. The second kappa shape index (κ2) is 5.09. The van der Waals surface area contributed by atoms with Crippen molar-refractivity contribution in [2.75, 3.05) is 18.9 Å². The molecule has 0 aliphatic heterocycles. The number of carbonyl (C=O) groups excluding carboxylic acids is 1. The molecule has 106 valence electrons. The van der Waals surface area contributed by atoms with Gasteiger partial charge in [0.15, 0.2) is 5.65 Å². The fourth-order valence-corrected chi connectivity index (χ4v) is 2.11. The van der Waals surface area contributed by atoms with Gasteiger partial charge in [-0.1, -0.05) is 6.07 Å². The summed E-state index contributed by atoms with van der Waals surface area (Å²) in [5.41, 5.74) is 0.670. The highest BCUT2D eigenvalue weighted by molar-refractivity contribution is 5.87. The summed E-state index contributed by atoms with van der Waals surface area (Å²) in [5, 5.41) is 20.4. The van der Waals surface area contributed by atoms with Crippen molar-refractivity contribution in [3.8, 4) is 0 Å². The molecule has 1 aliphatic rings. The zero-order chi connectivity index (χ0) is 14.1. The van der Waals surface area contributed by atoms with Gasteiger partial charge in [0, 0.05) is 19.8 Å². The van der Waals surface area contributed by atoms with Crippen LogP contribution in [0.25, 0.3) is 5.65 Å². The zero-order valence-electron chi connectivity index (χ0n) is 11.2. The number of hydrogen-bond donors (Lipinski definition) is 2. The molecule has 7 nitrogen and oxygen atoms in total. The summed E-state index contributed by atoms with van der Waals surface area (Å²) in [6, 6.07) is 5.20. The minimum Gasteiger partial charge on any atom is -0.391 e. The van der Waals surface area contributed by atoms with Gasteiger partial charge in [-0.2, -0.15) is 0 Å². The van der Waals surface area contributed by atoms with Crippen molar-refractivity contribution in [3.05, 3.63) is 24.4 Å². The Hall–Kier alpha value is -2.15. The lowest BCUT2D eigenvalue weighted by molar-refractivity contribution is 0.117. The maximum atomic E-state index is 12.1. The number of pyridine rings is 1. The quantitative estimate of drug-likeness (QED) is 0.870. The van der Waals surface area contributed by atoms with Gasteiger partial charge < -0.3 is 10.0 Å². The third kappa shape index (κ3) is 2.57. The number of urea groups is 1. The first kappa shape index (κ1) is 12.9. The van der Waals surface area contributed by atoms with Crippen LogP contribution in [0.2, 0.25) is 0 Å². The molecule has 1 fully saturated rings. The van der Waals surface area contributed by atoms with E-state index < -0.39 is 6.10 Å². The number of carbonyl (C=O) groups is 1. The van der Waals surface area contributed by atoms with Crippen LogP contribution in [-0.4, -0.2) is 50.3 Å². The topological polar surface area (TPSA) is 82.8 Å². The second-order valence-corrected chi connectivity index (χ2v) is 5.17. The summed E-state index contributed by atoms with van der Waals surface area (Å²) in [7, 11) is 1.66. The average molecular weight is 275 g/mol. The Labute approximate surface area is 116 Å². The van der Waals surface area contributed by atoms with Crippen LogP contribution in [-0.2, 0) is 0 Å². The van der Waals surface area contributed by atoms with Gasteiger partial charge in [0.05, 0.1) is 6.10 Å². The highest BCUT2D eigenvalue weighted by Crippen LogP contribution is 2.32. The van der Waals surface area contributed by atoms with E-state index >= 15 is 0 Å². The molecule has 1 aliphatic carbocycles. The third-order valence-corrected chi connectivity index (χ3v) is 3.51. The van der Waals surface area contributed by atoms with E-state index in [1.54, 1.807) is 17.6 Å². The molecule has 0 bridgehead atoms. The standard InChI is InChI=1S/C13H17N5O2/c1-17(8-10(19)9-5-6-9)13(20)14-12-16-15-11-4-2-3-7-18(11)12/h2-4,7,9-10,19H,5-6,8H2,1H3,(H,14,16,20). The van der Waals surface area contributed by atoms with Gasteiger partial charge in [-0.15, -0.1) is 10.2 Å². The van der Waals surface area contributed by atoms with E-state index in [4.69, 9.17) is 0 Å². The molecule has 1 saturated carbocycles. The minimum atomic E-state index is -0.444. The molecule has 2 amide bonds. The Balaban J connectivity index is 1.65. The summed E-state index contributed by atoms with van der Waals surface area (Å²) in [6.07, 6.45) is 3.43. The van der Waals surface area contributed by atoms with Gasteiger partial charge >= 0.3 is 6.03 Å². The van der Waals surface area contributed by atoms with Crippen molar-refractivity contribution >= 4 is 17.6 Å². The highest BCUT2D eigenvalue weighted by Gasteiger charge is 2.31. The monoisotopic (exact) mass is 275 g/mol. The number of amides is 2. The lowest BCUT2D eigenvalue weighted by atomic mass is 10.2. The summed E-state index contributed by atoms with van der Waals surface area (Å²) in [5.74, 6) is 0.720. The molecule has 2 heterocycles. The Morgan fingerprint density at radius 1 is 1.55 bits per heavy atom. The first-order valence-electron chi connectivity index (χ1n) is 6.65. The molecule has 0 radical (unpaired) electrons. The van der Waals surface area contributed by atoms with Crippen LogP contribution in [0.3, 0.4) is 0 Å². The molecule has 7 heteroatoms. The van der Waals surface area contributed by atoms with Gasteiger partial charge in [-0.3, -0.25) is 9.72 Å². The molecule has 0 spiro atoms. The van der Waals surface area contributed by atoms with Gasteiger partial charge in [-0.25, -0.2) is 4.79 Å². The normalized spacial score (nSPS) is 16.1. The smallest absolute Gasteiger partial charge is 0.324 e. The zero-order valence-corrected chi connectivity index (χ0v) is 11.2. The Morgan fingerprint density at radius 3 is 3.10 bits per heavy atom. The minimum absolute atomic E-state index is 0.303. The van der Waals surface area contributed by atoms with Crippen LogP contribution in [0.5, 0.6) is 0 Å². The Kier molecular flexibility index (Phi) is 3.27. The Morgan fingerprint density at radius 2 is 2.35 bits per heavy atom. The number of aliphatic hydroxyl groups excluding tert-OH is 1. The van der Waals surface area contributed by atoms with Crippen molar-refractivity contribution in [1.82, 2.24) is 19.5 Å². The number of nitrogens with zero attached hydrogens (tertiary/aromatic N) is 4. The number of likely N-dealkylation sites (N-methyl/N-ethyl adjacent to an activating group) is 1. The van der Waals surface area contributed by atoms with Gasteiger partial charge in [0.1, 0.15) is 0 Å². The predicted molar refractivity (Wildman–Crippen MR) is 73.4 cm³/mol. The van der Waals surface area contributed by atoms with Crippen molar-refractivity contribution in [1.29, 1.82) is 0 Å². The number of fused-ring (bicyclic) bond motifs is 1. The van der Waals surface area contributed by atoms with E-state index in [-0.39, 0.29) is 6.03 Å². The van der Waals surface area contributed by atoms with Gasteiger partial charge in [0.2, 0.25) is 5.95 Å². The Bertz CT molecular complexity index is 622. The van der Waals surface area contributed by atoms with E-state index in [2.05, 4.69) is 15.5 Å². The van der Waals surface area contributed by atoms with E-state index in [1.807, 2.05) is 18.2 Å². The van der Waals surface area contributed by atoms with Crippen LogP contribution in [0.15, 0.2) is 24.4 Å². The van der Waals surface area contributed by atoms with Crippen molar-refractivity contribution in [3.63, 3.8) is 0 Å². The number of rotatable bonds is 4. The molecular formula is C13H17N5O2. The number of nitrogens with one attached hydrogen (secondary N) is 1. The second-order valence-electron chi connectivity index (χ2n) is 5.17. The van der Waals surface area contributed by atoms with E-state index in [9.17, 15) is 9.90 Å². The fraction of sp³-hybridized carbons (Fsp3) is 0.462. The summed E-state index contributed by atoms with van der Waals surface area (Å²) in [4.78, 5) is 13.5. The molecule has 2 N–H and O–H groups in total. The maximum absolute atomic E-state index is 12.1. The number of aromatic nitrogens is 3. The number of aliphatic hydroxyl groups is 1. The molecule has 1 unspecified atom stereocenters. The van der Waals surface area contributed by atoms with E-state index in [0.29, 0.717) is 24.1 Å². The van der Waals surface area contributed by atoms with E-state index in [0.717, 1.165) is 12.8 Å². The van der Waals surface area contributed by atoms with Crippen LogP contribution >= 0.6 is 0 Å². The van der Waals surface area contributed by atoms with Gasteiger partial charge in [-0.05, 0) is 30.9 Å². The lowest BCUT2D eigenvalue weighted by Gasteiger charge is -2.20. The molecule has 2 aromatic heterocycles. The lowest BCUT2D eigenvalue weighted by Crippen LogP contribution is -2.38. The number of anilines is 1. The van der Waals surface area contributed by atoms with E-state index in [1.165, 1.54) is 4.90 Å². The molecule has 20 heavy (non-hydrogen) atoms. The van der Waals surface area contributed by atoms with Gasteiger partial charge in [0.25, 0.3) is 0 Å². The summed E-state index contributed by atoms with van der Waals surface area (Å²) in [6.45, 7) is 0.327. The van der Waals surface area contributed by atoms with Crippen LogP contribution in [0.1, 0.15) is 12.8 Å².